The molecule has 1 N–H and O–H groups in total. The maximum absolute atomic E-state index is 9.37. The maximum Gasteiger partial charge on any atom is 0.101 e. The number of nitrogens with one attached hydrogen (secondary N) is 1. The number of rotatable bonds is 2. The van der Waals surface area contributed by atoms with E-state index in [9.17, 15) is 5.26 Å². The molecule has 0 aliphatic heterocycles. The van der Waals surface area contributed by atoms with Crippen molar-refractivity contribution in [2.75, 3.05) is 5.32 Å². The van der Waals surface area contributed by atoms with E-state index in [1.54, 1.807) is 0 Å². The minimum atomic E-state index is 0.287. The Bertz CT molecular complexity index is 546. The highest BCUT2D eigenvalue weighted by Gasteiger charge is 2.50. The van der Waals surface area contributed by atoms with Gasteiger partial charge in [0.1, 0.15) is 6.07 Å². The first-order chi connectivity index (χ1) is 9.66. The monoisotopic (exact) mass is 266 g/mol. The van der Waals surface area contributed by atoms with Crippen molar-refractivity contribution < 1.29 is 0 Å². The molecule has 104 valence electrons. The van der Waals surface area contributed by atoms with E-state index in [4.69, 9.17) is 0 Å². The van der Waals surface area contributed by atoms with E-state index in [2.05, 4.69) is 30.4 Å². The Hall–Kier alpha value is -1.49. The van der Waals surface area contributed by atoms with Crippen molar-refractivity contribution >= 4 is 5.69 Å². The lowest BCUT2D eigenvalue weighted by molar-refractivity contribution is 0.0107. The molecule has 4 bridgehead atoms. The lowest BCUT2D eigenvalue weighted by Gasteiger charge is -2.57. The van der Waals surface area contributed by atoms with Crippen LogP contribution in [0.4, 0.5) is 5.69 Å². The number of anilines is 1. The third-order valence-electron chi connectivity index (χ3n) is 5.73. The van der Waals surface area contributed by atoms with Crippen molar-refractivity contribution in [2.24, 2.45) is 17.8 Å². The average Bonchev–Trinajstić information content (AvgIpc) is 2.39. The van der Waals surface area contributed by atoms with Gasteiger partial charge in [0, 0.05) is 5.54 Å². The number of benzene rings is 1. The van der Waals surface area contributed by atoms with Crippen LogP contribution in [-0.2, 0) is 0 Å². The molecule has 0 aromatic heterocycles. The van der Waals surface area contributed by atoms with Gasteiger partial charge in [0.25, 0.3) is 0 Å². The van der Waals surface area contributed by atoms with Crippen molar-refractivity contribution in [1.82, 2.24) is 0 Å². The summed E-state index contributed by atoms with van der Waals surface area (Å²) in [6, 6.07) is 8.58. The Morgan fingerprint density at radius 1 is 1.10 bits per heavy atom. The molecule has 0 atom stereocenters. The van der Waals surface area contributed by atoms with Crippen molar-refractivity contribution in [3.63, 3.8) is 0 Å². The summed E-state index contributed by atoms with van der Waals surface area (Å²) in [6.07, 6.45) is 8.33. The summed E-state index contributed by atoms with van der Waals surface area (Å²) in [5, 5.41) is 13.2. The van der Waals surface area contributed by atoms with Crippen LogP contribution >= 0.6 is 0 Å². The van der Waals surface area contributed by atoms with Gasteiger partial charge in [0.05, 0.1) is 11.3 Å². The summed E-state index contributed by atoms with van der Waals surface area (Å²) < 4.78 is 0. The topological polar surface area (TPSA) is 35.8 Å². The van der Waals surface area contributed by atoms with Gasteiger partial charge in [-0.3, -0.25) is 0 Å². The molecule has 4 saturated carbocycles. The minimum absolute atomic E-state index is 0.287. The third kappa shape index (κ3) is 1.92. The van der Waals surface area contributed by atoms with E-state index < -0.39 is 0 Å². The quantitative estimate of drug-likeness (QED) is 0.868. The molecule has 0 saturated heterocycles. The molecule has 4 aliphatic carbocycles. The molecule has 2 nitrogen and oxygen atoms in total. The van der Waals surface area contributed by atoms with Crippen molar-refractivity contribution in [2.45, 2.75) is 51.0 Å². The van der Waals surface area contributed by atoms with Gasteiger partial charge in [-0.15, -0.1) is 0 Å². The van der Waals surface area contributed by atoms with Crippen LogP contribution in [0, 0.1) is 36.0 Å². The summed E-state index contributed by atoms with van der Waals surface area (Å²) in [4.78, 5) is 0. The zero-order chi connectivity index (χ0) is 13.7. The van der Waals surface area contributed by atoms with Crippen molar-refractivity contribution in [3.8, 4) is 6.07 Å². The minimum Gasteiger partial charge on any atom is -0.379 e. The third-order valence-corrected chi connectivity index (χ3v) is 5.73. The molecule has 2 heteroatoms. The Labute approximate surface area is 121 Å². The zero-order valence-electron chi connectivity index (χ0n) is 12.2. The molecule has 0 radical (unpaired) electrons. The summed E-state index contributed by atoms with van der Waals surface area (Å²) in [7, 11) is 0. The van der Waals surface area contributed by atoms with E-state index in [0.717, 1.165) is 34.6 Å². The molecular weight excluding hydrogens is 244 g/mol. The highest BCUT2D eigenvalue weighted by Crippen LogP contribution is 2.56. The first-order valence-electron chi connectivity index (χ1n) is 7.95. The lowest BCUT2D eigenvalue weighted by atomic mass is 9.53. The molecule has 0 heterocycles. The molecular formula is C18H22N2. The van der Waals surface area contributed by atoms with E-state index in [1.807, 2.05) is 6.07 Å². The highest BCUT2D eigenvalue weighted by atomic mass is 15.0. The van der Waals surface area contributed by atoms with Crippen LogP contribution in [-0.4, -0.2) is 5.54 Å². The Morgan fingerprint density at radius 3 is 2.25 bits per heavy atom. The molecule has 4 fully saturated rings. The van der Waals surface area contributed by atoms with E-state index >= 15 is 0 Å². The van der Waals surface area contributed by atoms with Crippen LogP contribution in [0.3, 0.4) is 0 Å². The second-order valence-corrected chi connectivity index (χ2v) is 7.48. The van der Waals surface area contributed by atoms with Gasteiger partial charge < -0.3 is 5.32 Å². The van der Waals surface area contributed by atoms with E-state index in [1.165, 1.54) is 38.5 Å². The van der Waals surface area contributed by atoms with Gasteiger partial charge >= 0.3 is 0 Å². The SMILES string of the molecule is Cc1ccc(NC23CC4CC(CC(C4)C2)C3)c(C#N)c1. The van der Waals surface area contributed by atoms with E-state index in [-0.39, 0.29) is 5.54 Å². The molecule has 0 spiro atoms. The largest absolute Gasteiger partial charge is 0.379 e. The van der Waals surface area contributed by atoms with Gasteiger partial charge in [-0.25, -0.2) is 0 Å². The lowest BCUT2D eigenvalue weighted by Crippen LogP contribution is -2.54. The molecule has 5 rings (SSSR count). The summed E-state index contributed by atoms with van der Waals surface area (Å²) in [5.74, 6) is 2.80. The fourth-order valence-corrected chi connectivity index (χ4v) is 5.41. The van der Waals surface area contributed by atoms with Gasteiger partial charge in [0.2, 0.25) is 0 Å². The average molecular weight is 266 g/mol. The van der Waals surface area contributed by atoms with E-state index in [0.29, 0.717) is 0 Å². The van der Waals surface area contributed by atoms with Crippen LogP contribution in [0.5, 0.6) is 0 Å². The summed E-state index contributed by atoms with van der Waals surface area (Å²) >= 11 is 0. The number of nitrogens with zero attached hydrogens (tertiary/aromatic N) is 1. The normalized spacial score (nSPS) is 37.7. The van der Waals surface area contributed by atoms with Gasteiger partial charge in [-0.05, 0) is 80.9 Å². The Kier molecular flexibility index (Phi) is 2.61. The Balaban J connectivity index is 1.65. The molecule has 4 aliphatic rings. The summed E-state index contributed by atoms with van der Waals surface area (Å²) in [6.45, 7) is 2.05. The van der Waals surface area contributed by atoms with Crippen LogP contribution in [0.1, 0.15) is 49.7 Å². The smallest absolute Gasteiger partial charge is 0.101 e. The summed E-state index contributed by atoms with van der Waals surface area (Å²) in [5.41, 5.74) is 3.31. The van der Waals surface area contributed by atoms with Crippen molar-refractivity contribution in [1.29, 1.82) is 5.26 Å². The molecule has 0 amide bonds. The predicted octanol–water partition coefficient (Wildman–Crippen LogP) is 4.25. The van der Waals surface area contributed by atoms with Crippen LogP contribution < -0.4 is 5.32 Å². The molecule has 1 aromatic rings. The highest BCUT2D eigenvalue weighted by molar-refractivity contribution is 5.60. The second-order valence-electron chi connectivity index (χ2n) is 7.48. The Morgan fingerprint density at radius 2 is 1.70 bits per heavy atom. The molecule has 1 aromatic carbocycles. The van der Waals surface area contributed by atoms with Crippen molar-refractivity contribution in [3.05, 3.63) is 29.3 Å². The first kappa shape index (κ1) is 12.3. The fourth-order valence-electron chi connectivity index (χ4n) is 5.41. The molecule has 20 heavy (non-hydrogen) atoms. The van der Waals surface area contributed by atoms with Gasteiger partial charge in [0.15, 0.2) is 0 Å². The zero-order valence-corrected chi connectivity index (χ0v) is 12.2. The number of hydrogen-bond acceptors (Lipinski definition) is 2. The van der Waals surface area contributed by atoms with Crippen LogP contribution in [0.15, 0.2) is 18.2 Å². The standard InChI is InChI=1S/C18H22N2/c1-12-2-3-17(16(4-12)11-19)20-18-8-13-5-14(9-18)7-15(6-13)10-18/h2-4,13-15,20H,5-10H2,1H3. The van der Waals surface area contributed by atoms with Crippen LogP contribution in [0.2, 0.25) is 0 Å². The first-order valence-corrected chi connectivity index (χ1v) is 7.95. The number of hydrogen-bond donors (Lipinski definition) is 1. The van der Waals surface area contributed by atoms with Gasteiger partial charge in [-0.1, -0.05) is 6.07 Å². The predicted molar refractivity (Wildman–Crippen MR) is 80.4 cm³/mol. The second kappa shape index (κ2) is 4.25. The molecule has 0 unspecified atom stereocenters. The number of aryl methyl sites for hydroxylation is 1. The van der Waals surface area contributed by atoms with Crippen LogP contribution in [0.25, 0.3) is 0 Å². The number of nitriles is 1. The maximum atomic E-state index is 9.37. The fraction of sp³-hybridized carbons (Fsp3) is 0.611. The van der Waals surface area contributed by atoms with Gasteiger partial charge in [-0.2, -0.15) is 5.26 Å².